The Hall–Kier alpha value is -2.72. The lowest BCUT2D eigenvalue weighted by Crippen LogP contribution is -2.37. The molecule has 3 aromatic heterocycles. The van der Waals surface area contributed by atoms with Gasteiger partial charge < -0.3 is 9.64 Å². The standard InChI is InChI=1S/C22H21Cl2N7OS/c23-16-11-27-12-17(24)20(16)22(25)32-14-2-3-18-15(9-14)21(30-29-18)13-1-4-19(28-10-13)31-5-7-33(26)8-6-31/h1-4,9-12,22,26H,5-8,25H2,(H,29,30)/t22-/m0/s1. The van der Waals surface area contributed by atoms with E-state index in [2.05, 4.69) is 25.1 Å². The van der Waals surface area contributed by atoms with Crippen LogP contribution in [-0.2, 0) is 10.7 Å². The Labute approximate surface area is 203 Å². The Morgan fingerprint density at radius 2 is 1.85 bits per heavy atom. The van der Waals surface area contributed by atoms with Crippen LogP contribution >= 0.6 is 23.2 Å². The number of rotatable bonds is 5. The lowest BCUT2D eigenvalue weighted by atomic mass is 10.1. The predicted octanol–water partition coefficient (Wildman–Crippen LogP) is 4.56. The van der Waals surface area contributed by atoms with Gasteiger partial charge in [0, 0.05) is 59.7 Å². The molecule has 0 saturated carbocycles. The maximum Gasteiger partial charge on any atom is 0.177 e. The van der Waals surface area contributed by atoms with Crippen molar-refractivity contribution in [1.82, 2.24) is 20.2 Å². The highest BCUT2D eigenvalue weighted by Crippen LogP contribution is 2.33. The van der Waals surface area contributed by atoms with Gasteiger partial charge in [-0.2, -0.15) is 5.10 Å². The summed E-state index contributed by atoms with van der Waals surface area (Å²) in [4.78, 5) is 10.8. The number of benzene rings is 1. The summed E-state index contributed by atoms with van der Waals surface area (Å²) < 4.78 is 13.8. The Morgan fingerprint density at radius 3 is 2.55 bits per heavy atom. The number of H-pyrrole nitrogens is 1. The van der Waals surface area contributed by atoms with Crippen molar-refractivity contribution in [3.8, 4) is 17.0 Å². The molecule has 0 aliphatic carbocycles. The molecule has 0 spiro atoms. The maximum atomic E-state index is 7.89. The van der Waals surface area contributed by atoms with Gasteiger partial charge in [0.2, 0.25) is 0 Å². The van der Waals surface area contributed by atoms with Crippen molar-refractivity contribution < 1.29 is 4.74 Å². The molecule has 8 nitrogen and oxygen atoms in total. The predicted molar refractivity (Wildman–Crippen MR) is 133 cm³/mol. The van der Waals surface area contributed by atoms with E-state index in [0.29, 0.717) is 21.4 Å². The van der Waals surface area contributed by atoms with Crippen molar-refractivity contribution in [1.29, 1.82) is 4.78 Å². The van der Waals surface area contributed by atoms with Crippen LogP contribution in [0.1, 0.15) is 11.8 Å². The van der Waals surface area contributed by atoms with Gasteiger partial charge in [-0.1, -0.05) is 23.2 Å². The molecule has 1 aliphatic heterocycles. The average molecular weight is 502 g/mol. The maximum absolute atomic E-state index is 7.89. The van der Waals surface area contributed by atoms with Gasteiger partial charge in [0.15, 0.2) is 6.23 Å². The van der Waals surface area contributed by atoms with Crippen molar-refractivity contribution in [2.75, 3.05) is 29.5 Å². The number of nitrogens with two attached hydrogens (primary N) is 1. The summed E-state index contributed by atoms with van der Waals surface area (Å²) in [5, 5.41) is 9.12. The number of aromatic nitrogens is 4. The zero-order valence-corrected chi connectivity index (χ0v) is 19.8. The second-order valence-corrected chi connectivity index (χ2v) is 10.2. The van der Waals surface area contributed by atoms with Crippen molar-refractivity contribution in [2.24, 2.45) is 5.73 Å². The molecule has 1 fully saturated rings. The molecule has 0 amide bonds. The molecule has 0 unspecified atom stereocenters. The van der Waals surface area contributed by atoms with Crippen LogP contribution in [-0.4, -0.2) is 44.8 Å². The lowest BCUT2D eigenvalue weighted by Gasteiger charge is -2.28. The summed E-state index contributed by atoms with van der Waals surface area (Å²) in [5.74, 6) is 3.28. The van der Waals surface area contributed by atoms with Gasteiger partial charge in [-0.25, -0.2) is 4.98 Å². The molecular weight excluding hydrogens is 481 g/mol. The number of hydrogen-bond acceptors (Lipinski definition) is 7. The van der Waals surface area contributed by atoms with E-state index in [1.807, 2.05) is 36.5 Å². The Morgan fingerprint density at radius 1 is 1.09 bits per heavy atom. The lowest BCUT2D eigenvalue weighted by molar-refractivity contribution is 0.214. The fraction of sp³-hybridized carbons (Fsp3) is 0.227. The molecule has 1 aliphatic rings. The summed E-state index contributed by atoms with van der Waals surface area (Å²) >= 11 is 12.4. The summed E-state index contributed by atoms with van der Waals surface area (Å²) in [6.07, 6.45) is 3.94. The van der Waals surface area contributed by atoms with E-state index >= 15 is 0 Å². The van der Waals surface area contributed by atoms with E-state index in [1.165, 1.54) is 12.4 Å². The minimum absolute atomic E-state index is 0.223. The molecule has 1 aromatic carbocycles. The number of fused-ring (bicyclic) bond motifs is 1. The molecule has 4 aromatic rings. The molecule has 1 atom stereocenters. The van der Waals surface area contributed by atoms with Gasteiger partial charge in [-0.05, 0) is 30.3 Å². The highest BCUT2D eigenvalue weighted by molar-refractivity contribution is 7.86. The van der Waals surface area contributed by atoms with Crippen LogP contribution in [0.25, 0.3) is 22.2 Å². The van der Waals surface area contributed by atoms with Crippen LogP contribution in [0.15, 0.2) is 48.9 Å². The first-order valence-electron chi connectivity index (χ1n) is 10.3. The van der Waals surface area contributed by atoms with E-state index in [-0.39, 0.29) is 10.7 Å². The quantitative estimate of drug-likeness (QED) is 0.345. The van der Waals surface area contributed by atoms with Gasteiger partial charge in [0.25, 0.3) is 0 Å². The number of aromatic amines is 1. The topological polar surface area (TPSA) is 117 Å². The van der Waals surface area contributed by atoms with Crippen LogP contribution in [0.5, 0.6) is 5.75 Å². The Kier molecular flexibility index (Phi) is 6.20. The summed E-state index contributed by atoms with van der Waals surface area (Å²) in [6.45, 7) is 1.74. The molecule has 1 saturated heterocycles. The van der Waals surface area contributed by atoms with E-state index in [1.54, 1.807) is 0 Å². The van der Waals surface area contributed by atoms with Crippen molar-refractivity contribution >= 4 is 50.6 Å². The third kappa shape index (κ3) is 4.54. The fourth-order valence-electron chi connectivity index (χ4n) is 3.78. The number of hydrogen-bond donors (Lipinski definition) is 3. The normalized spacial score (nSPS) is 15.7. The van der Waals surface area contributed by atoms with Crippen molar-refractivity contribution in [3.63, 3.8) is 0 Å². The summed E-state index contributed by atoms with van der Waals surface area (Å²) in [6, 6.07) is 9.60. The third-order valence-corrected chi connectivity index (χ3v) is 7.49. The minimum Gasteiger partial charge on any atom is -0.471 e. The van der Waals surface area contributed by atoms with Gasteiger partial charge in [0.05, 0.1) is 15.6 Å². The first-order valence-corrected chi connectivity index (χ1v) is 12.6. The highest BCUT2D eigenvalue weighted by Gasteiger charge is 2.18. The summed E-state index contributed by atoms with van der Waals surface area (Å²) in [7, 11) is -0.223. The average Bonchev–Trinajstić information content (AvgIpc) is 3.23. The third-order valence-electron chi connectivity index (χ3n) is 5.53. The molecule has 11 heteroatoms. The van der Waals surface area contributed by atoms with Crippen molar-refractivity contribution in [2.45, 2.75) is 6.23 Å². The highest BCUT2D eigenvalue weighted by atomic mass is 35.5. The first-order chi connectivity index (χ1) is 16.0. The largest absolute Gasteiger partial charge is 0.471 e. The van der Waals surface area contributed by atoms with Crippen LogP contribution in [0.2, 0.25) is 10.0 Å². The van der Waals surface area contributed by atoms with Gasteiger partial charge in [0.1, 0.15) is 17.3 Å². The molecule has 4 heterocycles. The van der Waals surface area contributed by atoms with Crippen LogP contribution in [0.3, 0.4) is 0 Å². The van der Waals surface area contributed by atoms with Gasteiger partial charge >= 0.3 is 0 Å². The number of halogens is 2. The SMILES string of the molecule is N=S1CCN(c2ccc(-c3n[nH]c4ccc(O[C@H](N)c5c(Cl)cncc5Cl)cc34)cn2)CC1. The zero-order valence-electron chi connectivity index (χ0n) is 17.5. The Bertz CT molecular complexity index is 1300. The molecule has 170 valence electrons. The molecule has 4 N–H and O–H groups in total. The Balaban J connectivity index is 1.40. The second-order valence-electron chi connectivity index (χ2n) is 7.63. The smallest absolute Gasteiger partial charge is 0.177 e. The van der Waals surface area contributed by atoms with E-state index in [0.717, 1.165) is 52.6 Å². The van der Waals surface area contributed by atoms with E-state index in [9.17, 15) is 0 Å². The minimum atomic E-state index is -0.852. The second kappa shape index (κ2) is 9.26. The van der Waals surface area contributed by atoms with E-state index in [4.69, 9.17) is 38.5 Å². The number of pyridine rings is 2. The van der Waals surface area contributed by atoms with Crippen molar-refractivity contribution in [3.05, 3.63) is 64.5 Å². The number of anilines is 1. The summed E-state index contributed by atoms with van der Waals surface area (Å²) in [5.41, 5.74) is 9.24. The molecule has 33 heavy (non-hydrogen) atoms. The number of nitrogens with zero attached hydrogens (tertiary/aromatic N) is 4. The van der Waals surface area contributed by atoms with Gasteiger partial charge in [-0.3, -0.25) is 20.6 Å². The molecule has 0 radical (unpaired) electrons. The molecule has 5 rings (SSSR count). The van der Waals surface area contributed by atoms with Gasteiger partial charge in [-0.15, -0.1) is 10.7 Å². The first kappa shape index (κ1) is 22.1. The molecular formula is C22H21Cl2N7OS. The fourth-order valence-corrected chi connectivity index (χ4v) is 5.45. The monoisotopic (exact) mass is 501 g/mol. The van der Waals surface area contributed by atoms with Crippen LogP contribution in [0.4, 0.5) is 5.82 Å². The van der Waals surface area contributed by atoms with Crippen LogP contribution in [0, 0.1) is 4.78 Å². The van der Waals surface area contributed by atoms with E-state index < -0.39 is 6.23 Å². The van der Waals surface area contributed by atoms with Crippen LogP contribution < -0.4 is 15.4 Å². The number of nitrogens with one attached hydrogen (secondary N) is 2. The molecule has 0 bridgehead atoms. The zero-order chi connectivity index (χ0) is 22.9. The number of ether oxygens (including phenoxy) is 1.